The van der Waals surface area contributed by atoms with Crippen molar-refractivity contribution >= 4 is 33.2 Å². The first-order valence-electron chi connectivity index (χ1n) is 10.1. The van der Waals surface area contributed by atoms with E-state index in [9.17, 15) is 19.1 Å². The van der Waals surface area contributed by atoms with Gasteiger partial charge in [0.2, 0.25) is 11.2 Å². The lowest BCUT2D eigenvalue weighted by atomic mass is 9.81. The fraction of sp³-hybridized carbons (Fsp3) is 0.647. The first-order valence-corrected chi connectivity index (χ1v) is 14.1. The number of nitrogen functional groups attached to an aromatic ring is 1. The summed E-state index contributed by atoms with van der Waals surface area (Å²) >= 11 is 0.836. The van der Waals surface area contributed by atoms with Gasteiger partial charge in [0, 0.05) is 25.1 Å². The second-order valence-corrected chi connectivity index (χ2v) is 12.1. The van der Waals surface area contributed by atoms with Crippen molar-refractivity contribution in [3.63, 3.8) is 0 Å². The largest absolute Gasteiger partial charge is 0.481 e. The van der Waals surface area contributed by atoms with Crippen LogP contribution in [0.1, 0.15) is 44.0 Å². The van der Waals surface area contributed by atoms with E-state index in [4.69, 9.17) is 20.0 Å². The first kappa shape index (κ1) is 25.6. The van der Waals surface area contributed by atoms with Crippen molar-refractivity contribution in [2.24, 2.45) is 5.92 Å². The number of aromatic nitrogens is 2. The molecule has 1 aliphatic heterocycles. The summed E-state index contributed by atoms with van der Waals surface area (Å²) in [5.74, 6) is 1.30. The molecule has 0 spiro atoms. The highest BCUT2D eigenvalue weighted by molar-refractivity contribution is 7.83. The zero-order chi connectivity index (χ0) is 23.7. The molecule has 0 radical (unpaired) electrons. The number of aliphatic hydroxyl groups excluding tert-OH is 1. The molecule has 1 aromatic heterocycles. The molecule has 1 saturated carbocycles. The van der Waals surface area contributed by atoms with Crippen molar-refractivity contribution in [1.82, 2.24) is 9.88 Å². The highest BCUT2D eigenvalue weighted by Gasteiger charge is 2.46. The number of aliphatic hydroxyl groups is 1. The highest BCUT2D eigenvalue weighted by atomic mass is 32.2. The molecule has 2 heterocycles. The third kappa shape index (κ3) is 6.53. The number of phosphoric ester groups is 1. The number of thiol groups is 1. The normalized spacial score (nSPS) is 22.7. The second-order valence-electron chi connectivity index (χ2n) is 7.90. The van der Waals surface area contributed by atoms with E-state index in [1.807, 2.05) is 6.92 Å². The van der Waals surface area contributed by atoms with Crippen molar-refractivity contribution in [3.8, 4) is 0 Å². The van der Waals surface area contributed by atoms with Crippen LogP contribution in [0.2, 0.25) is 0 Å². The molecule has 32 heavy (non-hydrogen) atoms. The second kappa shape index (κ2) is 10.1. The molecule has 1 fully saturated rings. The SMILES string of the molecule is CC1=C(CCOP(=O)(O)OP(=O)(O)O)[SH+]C([C@H](O)C2CCC2)N1Cc1c[nH+]c(C)nc1N. The maximum Gasteiger partial charge on any atom is 0.481 e. The number of rotatable bonds is 10. The Balaban J connectivity index is 1.73. The lowest BCUT2D eigenvalue weighted by Crippen LogP contribution is -2.45. The Morgan fingerprint density at radius 2 is 2.03 bits per heavy atom. The van der Waals surface area contributed by atoms with Crippen LogP contribution in [-0.4, -0.2) is 47.8 Å². The molecule has 2 unspecified atom stereocenters. The van der Waals surface area contributed by atoms with E-state index < -0.39 is 21.7 Å². The van der Waals surface area contributed by atoms with E-state index in [0.717, 1.165) is 47.2 Å². The Morgan fingerprint density at radius 1 is 1.34 bits per heavy atom. The van der Waals surface area contributed by atoms with Gasteiger partial charge in [-0.05, 0) is 30.7 Å². The van der Waals surface area contributed by atoms with Crippen molar-refractivity contribution in [1.29, 1.82) is 0 Å². The third-order valence-corrected chi connectivity index (χ3v) is 9.50. The van der Waals surface area contributed by atoms with Gasteiger partial charge in [-0.2, -0.15) is 4.31 Å². The molecular weight excluding hydrogens is 482 g/mol. The summed E-state index contributed by atoms with van der Waals surface area (Å²) in [5.41, 5.74) is 7.74. The molecule has 3 atom stereocenters. The number of nitrogens with one attached hydrogen (secondary N) is 1. The number of H-pyrrole nitrogens is 1. The molecule has 0 aromatic carbocycles. The van der Waals surface area contributed by atoms with Gasteiger partial charge in [-0.15, -0.1) is 0 Å². The number of hydrogen-bond acceptors (Lipinski definition) is 8. The Hall–Kier alpha value is -1.01. The standard InChI is InChI=1S/C17H28N4O8P2S/c1-10-14(6-7-28-31(26,27)29-30(23,24)25)32-17(15(22)12-4-3-5-12)21(10)9-13-8-19-11(2)20-16(13)18/h8,12,15,17,22H,3-7,9H2,1-2H3,(H,26,27)(H2,18,19,20)(H2,23,24,25)/p+2/t15-,17?/m1/s1. The summed E-state index contributed by atoms with van der Waals surface area (Å²) in [5, 5.41) is 10.8. The van der Waals surface area contributed by atoms with Crippen LogP contribution < -0.4 is 10.7 Å². The van der Waals surface area contributed by atoms with Gasteiger partial charge in [0.15, 0.2) is 4.91 Å². The fourth-order valence-electron chi connectivity index (χ4n) is 3.71. The van der Waals surface area contributed by atoms with Crippen LogP contribution in [0.5, 0.6) is 0 Å². The van der Waals surface area contributed by atoms with Gasteiger partial charge < -0.3 is 30.4 Å². The molecular formula is C17H30N4O8P2S+2. The Bertz CT molecular complexity index is 970. The molecule has 15 heteroatoms. The van der Waals surface area contributed by atoms with E-state index in [-0.39, 0.29) is 24.3 Å². The van der Waals surface area contributed by atoms with Gasteiger partial charge in [0.05, 0.1) is 30.6 Å². The van der Waals surface area contributed by atoms with Crippen LogP contribution in [0.3, 0.4) is 0 Å². The Kier molecular flexibility index (Phi) is 8.07. The molecule has 3 rings (SSSR count). The molecule has 0 saturated heterocycles. The van der Waals surface area contributed by atoms with E-state index in [1.165, 1.54) is 0 Å². The topological polar surface area (TPSA) is 190 Å². The minimum absolute atomic E-state index is 0.216. The monoisotopic (exact) mass is 512 g/mol. The average Bonchev–Trinajstić information content (AvgIpc) is 2.90. The van der Waals surface area contributed by atoms with Crippen molar-refractivity contribution in [3.05, 3.63) is 28.2 Å². The third-order valence-electron chi connectivity index (χ3n) is 5.61. The van der Waals surface area contributed by atoms with E-state index in [1.54, 1.807) is 13.1 Å². The number of anilines is 1. The lowest BCUT2D eigenvalue weighted by Gasteiger charge is -2.35. The molecule has 2 aliphatic rings. The van der Waals surface area contributed by atoms with Gasteiger partial charge in [-0.3, -0.25) is 4.52 Å². The van der Waals surface area contributed by atoms with Gasteiger partial charge in [-0.1, -0.05) is 6.42 Å². The number of aryl methyl sites for hydroxylation is 1. The van der Waals surface area contributed by atoms with E-state index >= 15 is 0 Å². The van der Waals surface area contributed by atoms with Gasteiger partial charge in [0.1, 0.15) is 6.10 Å². The zero-order valence-corrected chi connectivity index (χ0v) is 20.5. The number of nitrogens with two attached hydrogens (primary N) is 1. The number of hydrogen-bond donors (Lipinski definition) is 5. The van der Waals surface area contributed by atoms with Crippen LogP contribution in [0.15, 0.2) is 16.8 Å². The Labute approximate surface area is 190 Å². The minimum atomic E-state index is -5.17. The summed E-state index contributed by atoms with van der Waals surface area (Å²) in [7, 11) is -10.1. The van der Waals surface area contributed by atoms with E-state index in [2.05, 4.69) is 19.2 Å². The van der Waals surface area contributed by atoms with Gasteiger partial charge in [0.25, 0.3) is 5.82 Å². The van der Waals surface area contributed by atoms with Gasteiger partial charge in [-0.25, -0.2) is 14.1 Å². The van der Waals surface area contributed by atoms with Crippen LogP contribution in [0.25, 0.3) is 0 Å². The maximum absolute atomic E-state index is 11.7. The zero-order valence-electron chi connectivity index (χ0n) is 17.8. The molecule has 180 valence electrons. The minimum Gasteiger partial charge on any atom is -0.385 e. The Morgan fingerprint density at radius 3 is 2.59 bits per heavy atom. The fourth-order valence-corrected chi connectivity index (χ4v) is 6.94. The molecule has 0 bridgehead atoms. The van der Waals surface area contributed by atoms with Crippen molar-refractivity contribution in [2.75, 3.05) is 12.3 Å². The smallest absolute Gasteiger partial charge is 0.385 e. The summed E-state index contributed by atoms with van der Waals surface area (Å²) in [6.45, 7) is 3.84. The lowest BCUT2D eigenvalue weighted by molar-refractivity contribution is -0.393. The van der Waals surface area contributed by atoms with Gasteiger partial charge >= 0.3 is 15.6 Å². The van der Waals surface area contributed by atoms with E-state index in [0.29, 0.717) is 18.2 Å². The molecule has 1 aromatic rings. The van der Waals surface area contributed by atoms with Crippen LogP contribution in [0.4, 0.5) is 5.82 Å². The number of phosphoric acid groups is 2. The van der Waals surface area contributed by atoms with Crippen LogP contribution in [-0.2, 0) is 36.3 Å². The first-order chi connectivity index (χ1) is 14.9. The molecule has 0 amide bonds. The number of aromatic amines is 1. The van der Waals surface area contributed by atoms with Crippen LogP contribution in [0, 0.1) is 12.8 Å². The molecule has 12 nitrogen and oxygen atoms in total. The maximum atomic E-state index is 11.7. The predicted octanol–water partition coefficient (Wildman–Crippen LogP) is 0.752. The van der Waals surface area contributed by atoms with Crippen molar-refractivity contribution in [2.45, 2.75) is 57.6 Å². The molecule has 7 N–H and O–H groups in total. The van der Waals surface area contributed by atoms with Crippen LogP contribution >= 0.6 is 15.6 Å². The summed E-state index contributed by atoms with van der Waals surface area (Å²) in [6, 6.07) is 0. The number of allylic oxidation sites excluding steroid dienone is 1. The molecule has 1 aliphatic carbocycles. The quantitative estimate of drug-likeness (QED) is 0.169. The summed E-state index contributed by atoms with van der Waals surface area (Å²) < 4.78 is 31.0. The highest BCUT2D eigenvalue weighted by Crippen LogP contribution is 2.57. The summed E-state index contributed by atoms with van der Waals surface area (Å²) in [4.78, 5) is 37.1. The number of nitrogens with zero attached hydrogens (tertiary/aromatic N) is 2. The summed E-state index contributed by atoms with van der Waals surface area (Å²) in [6.07, 6.45) is 4.48. The predicted molar refractivity (Wildman–Crippen MR) is 118 cm³/mol. The average molecular weight is 512 g/mol. The van der Waals surface area contributed by atoms with Crippen molar-refractivity contribution < 1.29 is 42.7 Å².